The number of carbonyl (C=O) groups is 1. The molecular formula is C23H27ClN2O2. The van der Waals surface area contributed by atoms with Crippen LogP contribution in [0.2, 0.25) is 0 Å². The van der Waals surface area contributed by atoms with Gasteiger partial charge in [0.25, 0.3) is 0 Å². The predicted octanol–water partition coefficient (Wildman–Crippen LogP) is 4.29. The van der Waals surface area contributed by atoms with Crippen LogP contribution in [0.4, 0.5) is 4.79 Å². The summed E-state index contributed by atoms with van der Waals surface area (Å²) in [5.41, 5.74) is 3.70. The Kier molecular flexibility index (Phi) is 5.61. The van der Waals surface area contributed by atoms with Crippen molar-refractivity contribution in [3.05, 3.63) is 71.3 Å². The molecule has 4 aliphatic heterocycles. The van der Waals surface area contributed by atoms with Gasteiger partial charge in [-0.05, 0) is 55.0 Å². The summed E-state index contributed by atoms with van der Waals surface area (Å²) in [4.78, 5) is 17.6. The minimum Gasteiger partial charge on any atom is -0.444 e. The molecule has 0 aromatic heterocycles. The van der Waals surface area contributed by atoms with Crippen molar-refractivity contribution in [2.45, 2.75) is 31.4 Å². The third-order valence-electron chi connectivity index (χ3n) is 6.48. The van der Waals surface area contributed by atoms with E-state index in [9.17, 15) is 4.79 Å². The van der Waals surface area contributed by atoms with Gasteiger partial charge in [-0.2, -0.15) is 0 Å². The number of rotatable bonds is 2. The smallest absolute Gasteiger partial charge is 0.410 e. The van der Waals surface area contributed by atoms with Crippen molar-refractivity contribution in [1.82, 2.24) is 9.80 Å². The molecule has 0 saturated carbocycles. The van der Waals surface area contributed by atoms with Crippen molar-refractivity contribution in [3.8, 4) is 0 Å². The van der Waals surface area contributed by atoms with E-state index in [-0.39, 0.29) is 30.6 Å². The molecule has 3 saturated heterocycles. The number of piperidine rings is 3. The highest BCUT2D eigenvalue weighted by Crippen LogP contribution is 2.36. The Balaban J connectivity index is 0.00000192. The van der Waals surface area contributed by atoms with Gasteiger partial charge in [-0.15, -0.1) is 12.4 Å². The van der Waals surface area contributed by atoms with Gasteiger partial charge in [-0.25, -0.2) is 4.79 Å². The Morgan fingerprint density at radius 3 is 2.36 bits per heavy atom. The normalized spacial score (nSPS) is 28.2. The fourth-order valence-corrected chi connectivity index (χ4v) is 5.00. The van der Waals surface area contributed by atoms with Crippen LogP contribution in [-0.4, -0.2) is 48.2 Å². The second-order valence-electron chi connectivity index (χ2n) is 8.02. The summed E-state index contributed by atoms with van der Waals surface area (Å²) in [6.07, 6.45) is 3.09. The molecule has 0 aliphatic carbocycles. The van der Waals surface area contributed by atoms with E-state index < -0.39 is 0 Å². The first-order valence-electron chi connectivity index (χ1n) is 10.1. The van der Waals surface area contributed by atoms with Crippen molar-refractivity contribution in [2.24, 2.45) is 5.92 Å². The number of amides is 1. The number of carbonyl (C=O) groups excluding carboxylic acids is 1. The molecule has 5 heteroatoms. The van der Waals surface area contributed by atoms with Gasteiger partial charge in [-0.3, -0.25) is 9.80 Å². The lowest BCUT2D eigenvalue weighted by Gasteiger charge is -2.45. The molecular weight excluding hydrogens is 372 g/mol. The van der Waals surface area contributed by atoms with Gasteiger partial charge in [0, 0.05) is 13.1 Å². The standard InChI is InChI=1S/C23H26N2O2.ClH/c26-23(27-21-16-24-13-10-18(21)11-14-24)25-15-12-17-6-4-5-9-20(17)22(25)19-7-2-1-3-8-19;/h1-9,18,21-22H,10-16H2;1H/t21-,22+;/m0./s1. The first-order valence-corrected chi connectivity index (χ1v) is 10.1. The Hall–Kier alpha value is -2.04. The molecule has 3 fully saturated rings. The monoisotopic (exact) mass is 398 g/mol. The molecule has 4 aliphatic rings. The fourth-order valence-electron chi connectivity index (χ4n) is 5.00. The maximum Gasteiger partial charge on any atom is 0.410 e. The summed E-state index contributed by atoms with van der Waals surface area (Å²) in [5, 5.41) is 0. The van der Waals surface area contributed by atoms with Crippen molar-refractivity contribution in [2.75, 3.05) is 26.2 Å². The van der Waals surface area contributed by atoms with E-state index in [1.54, 1.807) is 0 Å². The molecule has 4 heterocycles. The third-order valence-corrected chi connectivity index (χ3v) is 6.48. The van der Waals surface area contributed by atoms with Crippen molar-refractivity contribution in [3.63, 3.8) is 0 Å². The Morgan fingerprint density at radius 2 is 1.64 bits per heavy atom. The number of fused-ring (bicyclic) bond motifs is 4. The summed E-state index contributed by atoms with van der Waals surface area (Å²) in [6.45, 7) is 3.91. The predicted molar refractivity (Wildman–Crippen MR) is 112 cm³/mol. The van der Waals surface area contributed by atoms with Crippen molar-refractivity contribution < 1.29 is 9.53 Å². The number of ether oxygens (including phenoxy) is 1. The highest BCUT2D eigenvalue weighted by molar-refractivity contribution is 5.85. The minimum atomic E-state index is -0.155. The van der Waals surface area contributed by atoms with Gasteiger partial charge in [0.2, 0.25) is 0 Å². The van der Waals surface area contributed by atoms with Gasteiger partial charge in [0.15, 0.2) is 0 Å². The molecule has 6 rings (SSSR count). The zero-order chi connectivity index (χ0) is 18.2. The second-order valence-corrected chi connectivity index (χ2v) is 8.02. The molecule has 0 spiro atoms. The highest BCUT2D eigenvalue weighted by atomic mass is 35.5. The molecule has 0 N–H and O–H groups in total. The van der Waals surface area contributed by atoms with Crippen LogP contribution >= 0.6 is 12.4 Å². The van der Waals surface area contributed by atoms with Crippen LogP contribution in [0.1, 0.15) is 35.6 Å². The SMILES string of the molecule is Cl.O=C(O[C@H]1CN2CCC1CC2)N1CCc2ccccc2[C@H]1c1ccccc1. The number of halogens is 1. The zero-order valence-electron chi connectivity index (χ0n) is 16.0. The first-order chi connectivity index (χ1) is 13.3. The quantitative estimate of drug-likeness (QED) is 0.756. The maximum atomic E-state index is 13.2. The van der Waals surface area contributed by atoms with E-state index in [2.05, 4.69) is 41.3 Å². The van der Waals surface area contributed by atoms with Crippen LogP contribution in [0.15, 0.2) is 54.6 Å². The summed E-state index contributed by atoms with van der Waals surface area (Å²) in [5.74, 6) is 0.534. The average molecular weight is 399 g/mol. The molecule has 2 atom stereocenters. The van der Waals surface area contributed by atoms with Crippen LogP contribution in [-0.2, 0) is 11.2 Å². The summed E-state index contributed by atoms with van der Waals surface area (Å²) in [6, 6.07) is 18.8. The lowest BCUT2D eigenvalue weighted by Crippen LogP contribution is -2.53. The zero-order valence-corrected chi connectivity index (χ0v) is 16.8. The van der Waals surface area contributed by atoms with Crippen LogP contribution in [0, 0.1) is 5.92 Å². The molecule has 148 valence electrons. The molecule has 28 heavy (non-hydrogen) atoms. The number of benzene rings is 2. The largest absolute Gasteiger partial charge is 0.444 e. The summed E-state index contributed by atoms with van der Waals surface area (Å²) < 4.78 is 6.08. The molecule has 2 aromatic rings. The molecule has 0 radical (unpaired) electrons. The van der Waals surface area contributed by atoms with Crippen LogP contribution < -0.4 is 0 Å². The topological polar surface area (TPSA) is 32.8 Å². The summed E-state index contributed by atoms with van der Waals surface area (Å²) in [7, 11) is 0. The lowest BCUT2D eigenvalue weighted by molar-refractivity contribution is -0.0462. The van der Waals surface area contributed by atoms with E-state index in [0.717, 1.165) is 44.5 Å². The van der Waals surface area contributed by atoms with Crippen LogP contribution in [0.25, 0.3) is 0 Å². The van der Waals surface area contributed by atoms with Gasteiger partial charge < -0.3 is 4.74 Å². The first kappa shape index (κ1) is 19.3. The van der Waals surface area contributed by atoms with Crippen LogP contribution in [0.3, 0.4) is 0 Å². The molecule has 0 unspecified atom stereocenters. The van der Waals surface area contributed by atoms with Crippen molar-refractivity contribution in [1.29, 1.82) is 0 Å². The lowest BCUT2D eigenvalue weighted by atomic mass is 9.86. The minimum absolute atomic E-state index is 0. The van der Waals surface area contributed by atoms with E-state index in [1.165, 1.54) is 11.1 Å². The number of nitrogens with zero attached hydrogens (tertiary/aromatic N) is 2. The number of hydrogen-bond acceptors (Lipinski definition) is 3. The number of hydrogen-bond donors (Lipinski definition) is 0. The molecule has 2 bridgehead atoms. The van der Waals surface area contributed by atoms with Gasteiger partial charge in [0.1, 0.15) is 6.10 Å². The van der Waals surface area contributed by atoms with E-state index >= 15 is 0 Å². The van der Waals surface area contributed by atoms with Gasteiger partial charge >= 0.3 is 6.09 Å². The fraction of sp³-hybridized carbons (Fsp3) is 0.435. The van der Waals surface area contributed by atoms with Gasteiger partial charge in [0.05, 0.1) is 6.04 Å². The van der Waals surface area contributed by atoms with Crippen molar-refractivity contribution >= 4 is 18.5 Å². The Bertz CT molecular complexity index is 820. The van der Waals surface area contributed by atoms with E-state index in [1.807, 2.05) is 23.1 Å². The molecule has 1 amide bonds. The van der Waals surface area contributed by atoms with E-state index in [0.29, 0.717) is 12.5 Å². The van der Waals surface area contributed by atoms with Gasteiger partial charge in [-0.1, -0.05) is 54.6 Å². The third kappa shape index (κ3) is 3.51. The Morgan fingerprint density at radius 1 is 0.929 bits per heavy atom. The maximum absolute atomic E-state index is 13.2. The van der Waals surface area contributed by atoms with Crippen LogP contribution in [0.5, 0.6) is 0 Å². The molecule has 4 nitrogen and oxygen atoms in total. The highest BCUT2D eigenvalue weighted by Gasteiger charge is 2.39. The average Bonchev–Trinajstić information content (AvgIpc) is 2.74. The Labute approximate surface area is 172 Å². The summed E-state index contributed by atoms with van der Waals surface area (Å²) >= 11 is 0. The molecule has 2 aromatic carbocycles. The second kappa shape index (κ2) is 8.14. The van der Waals surface area contributed by atoms with E-state index in [4.69, 9.17) is 4.74 Å².